The molecule has 2 aromatic rings. The van der Waals surface area contributed by atoms with Crippen LogP contribution >= 0.6 is 0 Å². The van der Waals surface area contributed by atoms with E-state index in [0.717, 1.165) is 12.1 Å². The minimum Gasteiger partial charge on any atom is -0.489 e. The lowest BCUT2D eigenvalue weighted by molar-refractivity contribution is 0.145. The first-order valence-corrected chi connectivity index (χ1v) is 8.54. The molecule has 0 aromatic carbocycles. The zero-order valence-electron chi connectivity index (χ0n) is 15.4. The van der Waals surface area contributed by atoms with Gasteiger partial charge in [-0.05, 0) is 43.5 Å². The lowest BCUT2D eigenvalue weighted by Gasteiger charge is -2.27. The van der Waals surface area contributed by atoms with Crippen LogP contribution in [0.15, 0.2) is 30.5 Å². The molecule has 2 heterocycles. The number of hydrogen-bond donors (Lipinski definition) is 1. The van der Waals surface area contributed by atoms with Crippen LogP contribution in [0.1, 0.15) is 51.4 Å². The first-order valence-electron chi connectivity index (χ1n) is 8.54. The van der Waals surface area contributed by atoms with Crippen LogP contribution in [0.4, 0.5) is 17.6 Å². The van der Waals surface area contributed by atoms with Crippen molar-refractivity contribution in [3.63, 3.8) is 0 Å². The molecule has 0 unspecified atom stereocenters. The molecular weight excluding hydrogens is 362 g/mol. The van der Waals surface area contributed by atoms with E-state index >= 15 is 0 Å². The predicted molar refractivity (Wildman–Crippen MR) is 94.9 cm³/mol. The van der Waals surface area contributed by atoms with Crippen molar-refractivity contribution in [2.24, 2.45) is 11.7 Å². The number of nitrogens with two attached hydrogens (primary N) is 1. The molecule has 8 heteroatoms. The molecular formula is C19H23F4N3O. The summed E-state index contributed by atoms with van der Waals surface area (Å²) in [5.41, 5.74) is 4.92. The third-order valence-electron chi connectivity index (χ3n) is 3.81. The minimum absolute atomic E-state index is 0.0532. The second-order valence-corrected chi connectivity index (χ2v) is 7.19. The number of alkyl halides is 4. The molecule has 0 aliphatic carbocycles. The highest BCUT2D eigenvalue weighted by Gasteiger charge is 2.23. The van der Waals surface area contributed by atoms with Gasteiger partial charge in [-0.2, -0.15) is 0 Å². The fourth-order valence-electron chi connectivity index (χ4n) is 2.86. The van der Waals surface area contributed by atoms with Crippen LogP contribution in [0, 0.1) is 5.92 Å². The smallest absolute Gasteiger partial charge is 0.280 e. The molecule has 1 atom stereocenters. The standard InChI is InChI=1S/C19H23F4N3O/c1-11(2)9-19(3,24)10-27-15-5-4-13(17(20)21)26-16(15)12-6-7-25-14(8-12)18(22)23/h4-8,11,17-18H,9-10,24H2,1-3H3/t19-/m1/s1. The van der Waals surface area contributed by atoms with Crippen LogP contribution in [-0.2, 0) is 0 Å². The van der Waals surface area contributed by atoms with Crippen molar-refractivity contribution >= 4 is 0 Å². The van der Waals surface area contributed by atoms with Gasteiger partial charge in [0.25, 0.3) is 12.9 Å². The number of rotatable bonds is 8. The van der Waals surface area contributed by atoms with Crippen LogP contribution in [0.5, 0.6) is 5.75 Å². The Kier molecular flexibility index (Phi) is 6.75. The zero-order chi connectivity index (χ0) is 20.2. The van der Waals surface area contributed by atoms with Gasteiger partial charge >= 0.3 is 0 Å². The van der Waals surface area contributed by atoms with Gasteiger partial charge in [0, 0.05) is 17.3 Å². The van der Waals surface area contributed by atoms with Gasteiger partial charge in [0.05, 0.1) is 0 Å². The highest BCUT2D eigenvalue weighted by molar-refractivity contribution is 5.66. The van der Waals surface area contributed by atoms with Crippen LogP contribution in [0.3, 0.4) is 0 Å². The monoisotopic (exact) mass is 385 g/mol. The van der Waals surface area contributed by atoms with E-state index in [1.165, 1.54) is 18.3 Å². The fourth-order valence-corrected chi connectivity index (χ4v) is 2.86. The average molecular weight is 385 g/mol. The molecule has 0 saturated carbocycles. The molecule has 2 aromatic heterocycles. The summed E-state index contributed by atoms with van der Waals surface area (Å²) in [5.74, 6) is 0.544. The average Bonchev–Trinajstić information content (AvgIpc) is 2.58. The maximum atomic E-state index is 13.1. The van der Waals surface area contributed by atoms with Crippen LogP contribution < -0.4 is 10.5 Å². The van der Waals surface area contributed by atoms with E-state index in [1.807, 2.05) is 20.8 Å². The van der Waals surface area contributed by atoms with Crippen molar-refractivity contribution in [2.45, 2.75) is 45.6 Å². The number of ether oxygens (including phenoxy) is 1. The van der Waals surface area contributed by atoms with E-state index in [1.54, 1.807) is 0 Å². The van der Waals surface area contributed by atoms with Gasteiger partial charge in [0.2, 0.25) is 0 Å². The molecule has 4 nitrogen and oxygen atoms in total. The summed E-state index contributed by atoms with van der Waals surface area (Å²) in [5, 5.41) is 0. The first kappa shape index (κ1) is 21.1. The Hall–Kier alpha value is -2.22. The number of pyridine rings is 2. The lowest BCUT2D eigenvalue weighted by Crippen LogP contribution is -2.43. The first-order chi connectivity index (χ1) is 12.6. The van der Waals surface area contributed by atoms with E-state index < -0.39 is 29.8 Å². The van der Waals surface area contributed by atoms with E-state index in [-0.39, 0.29) is 23.6 Å². The number of hydrogen-bond acceptors (Lipinski definition) is 4. The molecule has 0 amide bonds. The molecule has 0 saturated heterocycles. The Bertz CT molecular complexity index is 766. The molecule has 0 bridgehead atoms. The van der Waals surface area contributed by atoms with Crippen molar-refractivity contribution in [3.05, 3.63) is 41.9 Å². The molecule has 27 heavy (non-hydrogen) atoms. The van der Waals surface area contributed by atoms with Crippen molar-refractivity contribution in [2.75, 3.05) is 6.61 Å². The molecule has 2 rings (SSSR count). The van der Waals surface area contributed by atoms with E-state index in [9.17, 15) is 17.6 Å². The predicted octanol–water partition coefficient (Wildman–Crippen LogP) is 5.16. The van der Waals surface area contributed by atoms with E-state index in [2.05, 4.69) is 9.97 Å². The van der Waals surface area contributed by atoms with Gasteiger partial charge in [0.15, 0.2) is 0 Å². The number of aromatic nitrogens is 2. The van der Waals surface area contributed by atoms with Gasteiger partial charge in [-0.3, -0.25) is 4.98 Å². The summed E-state index contributed by atoms with van der Waals surface area (Å²) in [7, 11) is 0. The summed E-state index contributed by atoms with van der Waals surface area (Å²) >= 11 is 0. The van der Waals surface area contributed by atoms with Gasteiger partial charge in [0.1, 0.15) is 29.4 Å². The Balaban J connectivity index is 2.39. The highest BCUT2D eigenvalue weighted by Crippen LogP contribution is 2.33. The van der Waals surface area contributed by atoms with Crippen molar-refractivity contribution in [3.8, 4) is 17.0 Å². The van der Waals surface area contributed by atoms with E-state index in [0.29, 0.717) is 12.3 Å². The second kappa shape index (κ2) is 8.65. The Labute approximate surface area is 155 Å². The van der Waals surface area contributed by atoms with Gasteiger partial charge in [-0.25, -0.2) is 22.5 Å². The summed E-state index contributed by atoms with van der Waals surface area (Å²) in [6.07, 6.45) is -3.71. The molecule has 0 radical (unpaired) electrons. The summed E-state index contributed by atoms with van der Waals surface area (Å²) < 4.78 is 57.8. The fraction of sp³-hybridized carbons (Fsp3) is 0.474. The Morgan fingerprint density at radius 2 is 1.74 bits per heavy atom. The molecule has 0 aliphatic rings. The largest absolute Gasteiger partial charge is 0.489 e. The quantitative estimate of drug-likeness (QED) is 0.638. The van der Waals surface area contributed by atoms with Crippen LogP contribution in [0.25, 0.3) is 11.3 Å². The molecule has 148 valence electrons. The maximum Gasteiger partial charge on any atom is 0.280 e. The maximum absolute atomic E-state index is 13.1. The third kappa shape index (κ3) is 5.89. The van der Waals surface area contributed by atoms with Gasteiger partial charge in [-0.15, -0.1) is 0 Å². The van der Waals surface area contributed by atoms with Gasteiger partial charge < -0.3 is 10.5 Å². The number of halogens is 4. The summed E-state index contributed by atoms with van der Waals surface area (Å²) in [4.78, 5) is 7.50. The summed E-state index contributed by atoms with van der Waals surface area (Å²) in [6, 6.07) is 5.05. The molecule has 0 fully saturated rings. The second-order valence-electron chi connectivity index (χ2n) is 7.19. The Morgan fingerprint density at radius 3 is 2.33 bits per heavy atom. The molecule has 2 N–H and O–H groups in total. The van der Waals surface area contributed by atoms with Crippen LogP contribution in [-0.4, -0.2) is 22.1 Å². The van der Waals surface area contributed by atoms with E-state index in [4.69, 9.17) is 10.5 Å². The lowest BCUT2D eigenvalue weighted by atomic mass is 9.93. The number of nitrogens with zero attached hydrogens (tertiary/aromatic N) is 2. The third-order valence-corrected chi connectivity index (χ3v) is 3.81. The molecule has 0 aliphatic heterocycles. The van der Waals surface area contributed by atoms with Crippen molar-refractivity contribution < 1.29 is 22.3 Å². The van der Waals surface area contributed by atoms with Crippen molar-refractivity contribution in [1.29, 1.82) is 0 Å². The topological polar surface area (TPSA) is 61.0 Å². The molecule has 0 spiro atoms. The van der Waals surface area contributed by atoms with Crippen LogP contribution in [0.2, 0.25) is 0 Å². The summed E-state index contributed by atoms with van der Waals surface area (Å²) in [6.45, 7) is 6.01. The van der Waals surface area contributed by atoms with Crippen molar-refractivity contribution in [1.82, 2.24) is 9.97 Å². The Morgan fingerprint density at radius 1 is 1.07 bits per heavy atom. The normalized spacial score (nSPS) is 14.0. The SMILES string of the molecule is CC(C)C[C@@](C)(N)COc1ccc(C(F)F)nc1-c1ccnc(C(F)F)c1. The zero-order valence-corrected chi connectivity index (χ0v) is 15.4. The minimum atomic E-state index is -2.80. The van der Waals surface area contributed by atoms with Gasteiger partial charge in [-0.1, -0.05) is 13.8 Å². The highest BCUT2D eigenvalue weighted by atomic mass is 19.3.